The third-order valence-corrected chi connectivity index (χ3v) is 2.32. The number of carbonyl (C=O) groups excluding carboxylic acids is 2. The number of ether oxygens (including phenoxy) is 2. The summed E-state index contributed by atoms with van der Waals surface area (Å²) in [4.78, 5) is 19.8. The summed E-state index contributed by atoms with van der Waals surface area (Å²) in [6, 6.07) is 0. The van der Waals surface area contributed by atoms with Gasteiger partial charge in [-0.2, -0.15) is 0 Å². The molecule has 2 N–H and O–H groups in total. The van der Waals surface area contributed by atoms with E-state index >= 15 is 0 Å². The average Bonchev–Trinajstić information content (AvgIpc) is 2.53. The Morgan fingerprint density at radius 1 is 1.00 bits per heavy atom. The Balaban J connectivity index is -0.000000139. The van der Waals surface area contributed by atoms with Gasteiger partial charge in [-0.1, -0.05) is 40.3 Å². The molecule has 0 saturated carbocycles. The van der Waals surface area contributed by atoms with Crippen LogP contribution in [0.1, 0.15) is 61.3 Å². The van der Waals surface area contributed by atoms with E-state index in [9.17, 15) is 9.59 Å². The second-order valence-corrected chi connectivity index (χ2v) is 6.72. The summed E-state index contributed by atoms with van der Waals surface area (Å²) in [5.74, 6) is 0.873. The summed E-state index contributed by atoms with van der Waals surface area (Å²) in [6.45, 7) is 21.2. The number of carbonyl (C=O) groups is 2. The summed E-state index contributed by atoms with van der Waals surface area (Å²) in [5, 5.41) is 17.1. The van der Waals surface area contributed by atoms with Gasteiger partial charge in [0.05, 0.1) is 18.8 Å². The number of aliphatic hydroxyl groups excluding tert-OH is 2. The number of esters is 1. The molecule has 6 nitrogen and oxygen atoms in total. The zero-order valence-electron chi connectivity index (χ0n) is 18.3. The van der Waals surface area contributed by atoms with Gasteiger partial charge in [0.25, 0.3) is 6.47 Å². The van der Waals surface area contributed by atoms with Gasteiger partial charge >= 0.3 is 5.97 Å². The molecule has 0 aromatic heterocycles. The van der Waals surface area contributed by atoms with Crippen molar-refractivity contribution in [2.24, 2.45) is 11.8 Å². The SMILES string of the molecule is C=CC.C=CC(=O)OCCC(C)C.CC(C)CC(C)O.CC(O)COC=O. The fourth-order valence-electron chi connectivity index (χ4n) is 1.31. The van der Waals surface area contributed by atoms with E-state index in [0.717, 1.165) is 12.8 Å². The molecule has 0 saturated heterocycles. The lowest BCUT2D eigenvalue weighted by Gasteiger charge is -2.04. The van der Waals surface area contributed by atoms with Crippen LogP contribution < -0.4 is 0 Å². The van der Waals surface area contributed by atoms with Gasteiger partial charge in [-0.3, -0.25) is 4.79 Å². The highest BCUT2D eigenvalue weighted by molar-refractivity contribution is 5.81. The van der Waals surface area contributed by atoms with Crippen LogP contribution in [0.25, 0.3) is 0 Å². The minimum atomic E-state index is -0.551. The Hall–Kier alpha value is -1.66. The topological polar surface area (TPSA) is 93.1 Å². The second-order valence-electron chi connectivity index (χ2n) is 6.72. The van der Waals surface area contributed by atoms with Crippen molar-refractivity contribution in [1.29, 1.82) is 0 Å². The van der Waals surface area contributed by atoms with E-state index in [0.29, 0.717) is 24.9 Å². The summed E-state index contributed by atoms with van der Waals surface area (Å²) in [5.41, 5.74) is 0. The molecule has 0 amide bonds. The summed E-state index contributed by atoms with van der Waals surface area (Å²) < 4.78 is 8.91. The molecule has 27 heavy (non-hydrogen) atoms. The number of hydrogen-bond donors (Lipinski definition) is 2. The van der Waals surface area contributed by atoms with Crippen molar-refractivity contribution in [2.45, 2.75) is 73.5 Å². The van der Waals surface area contributed by atoms with Crippen LogP contribution in [0.2, 0.25) is 0 Å². The highest BCUT2D eigenvalue weighted by atomic mass is 16.5. The number of hydrogen-bond acceptors (Lipinski definition) is 6. The van der Waals surface area contributed by atoms with Gasteiger partial charge in [0.1, 0.15) is 6.61 Å². The monoisotopic (exact) mass is 390 g/mol. The molecule has 0 bridgehead atoms. The van der Waals surface area contributed by atoms with Crippen molar-refractivity contribution in [3.63, 3.8) is 0 Å². The minimum Gasteiger partial charge on any atom is -0.465 e. The number of aliphatic hydroxyl groups is 2. The predicted octanol–water partition coefficient (Wildman–Crippen LogP) is 3.91. The maximum Gasteiger partial charge on any atom is 0.330 e. The third kappa shape index (κ3) is 59.1. The maximum atomic E-state index is 10.5. The van der Waals surface area contributed by atoms with Crippen molar-refractivity contribution in [3.8, 4) is 0 Å². The minimum absolute atomic E-state index is 0.0868. The molecule has 2 unspecified atom stereocenters. The molecular weight excluding hydrogens is 348 g/mol. The molecule has 0 heterocycles. The van der Waals surface area contributed by atoms with Crippen LogP contribution in [0.5, 0.6) is 0 Å². The van der Waals surface area contributed by atoms with E-state index in [1.165, 1.54) is 6.08 Å². The molecule has 2 atom stereocenters. The molecular formula is C21H42O6. The molecule has 0 aliphatic rings. The molecule has 0 aliphatic carbocycles. The molecule has 0 radical (unpaired) electrons. The van der Waals surface area contributed by atoms with Gasteiger partial charge in [0, 0.05) is 6.08 Å². The first-order valence-electron chi connectivity index (χ1n) is 9.25. The zero-order valence-corrected chi connectivity index (χ0v) is 18.3. The molecule has 0 fully saturated rings. The van der Waals surface area contributed by atoms with E-state index in [2.05, 4.69) is 45.6 Å². The Labute approximate surface area is 166 Å². The quantitative estimate of drug-likeness (QED) is 0.268. The third-order valence-electron chi connectivity index (χ3n) is 2.32. The highest BCUT2D eigenvalue weighted by Gasteiger charge is 1.97. The summed E-state index contributed by atoms with van der Waals surface area (Å²) in [6.07, 6.45) is 4.09. The molecule has 162 valence electrons. The van der Waals surface area contributed by atoms with Crippen LogP contribution in [0, 0.1) is 11.8 Å². The van der Waals surface area contributed by atoms with Gasteiger partial charge in [0.2, 0.25) is 0 Å². The lowest BCUT2D eigenvalue weighted by molar-refractivity contribution is -0.138. The molecule has 0 aliphatic heterocycles. The van der Waals surface area contributed by atoms with Gasteiger partial charge in [-0.05, 0) is 45.4 Å². The molecule has 0 rings (SSSR count). The number of allylic oxidation sites excluding steroid dienone is 1. The fraction of sp³-hybridized carbons (Fsp3) is 0.714. The van der Waals surface area contributed by atoms with Gasteiger partial charge in [0.15, 0.2) is 0 Å². The van der Waals surface area contributed by atoms with Crippen LogP contribution in [-0.2, 0) is 19.1 Å². The molecule has 0 aromatic carbocycles. The highest BCUT2D eigenvalue weighted by Crippen LogP contribution is 2.02. The summed E-state index contributed by atoms with van der Waals surface area (Å²) in [7, 11) is 0. The first-order valence-corrected chi connectivity index (χ1v) is 9.25. The Morgan fingerprint density at radius 2 is 1.48 bits per heavy atom. The Morgan fingerprint density at radius 3 is 1.67 bits per heavy atom. The van der Waals surface area contributed by atoms with E-state index in [1.54, 1.807) is 13.0 Å². The lowest BCUT2D eigenvalue weighted by Crippen LogP contribution is -2.08. The standard InChI is InChI=1S/C8H14O2.C6H14O.C4H8O3.C3H6/c1-4-8(9)10-6-5-7(2)3;1-5(2)4-6(3)7;1-4(6)2-7-3-5;1-3-2/h4,7H,1,5-6H2,2-3H3;5-7H,4H2,1-3H3;3-4,6H,2H2,1H3;3H,1H2,2H3. The van der Waals surface area contributed by atoms with Crippen molar-refractivity contribution in [1.82, 2.24) is 0 Å². The van der Waals surface area contributed by atoms with Crippen LogP contribution >= 0.6 is 0 Å². The first kappa shape index (κ1) is 33.0. The molecule has 6 heteroatoms. The maximum absolute atomic E-state index is 10.5. The van der Waals surface area contributed by atoms with E-state index in [4.69, 9.17) is 14.9 Å². The van der Waals surface area contributed by atoms with Crippen LogP contribution in [0.15, 0.2) is 25.3 Å². The van der Waals surface area contributed by atoms with Gasteiger partial charge in [-0.25, -0.2) is 4.79 Å². The first-order chi connectivity index (χ1) is 12.5. The van der Waals surface area contributed by atoms with Crippen molar-refractivity contribution in [2.75, 3.05) is 13.2 Å². The average molecular weight is 391 g/mol. The van der Waals surface area contributed by atoms with Crippen LogP contribution in [0.4, 0.5) is 0 Å². The fourth-order valence-corrected chi connectivity index (χ4v) is 1.31. The van der Waals surface area contributed by atoms with Gasteiger partial charge in [-0.15, -0.1) is 6.58 Å². The van der Waals surface area contributed by atoms with Crippen molar-refractivity contribution < 1.29 is 29.3 Å². The van der Waals surface area contributed by atoms with E-state index < -0.39 is 6.10 Å². The van der Waals surface area contributed by atoms with Crippen LogP contribution in [0.3, 0.4) is 0 Å². The summed E-state index contributed by atoms with van der Waals surface area (Å²) >= 11 is 0. The second kappa shape index (κ2) is 26.6. The lowest BCUT2D eigenvalue weighted by atomic mass is 10.1. The van der Waals surface area contributed by atoms with Crippen molar-refractivity contribution in [3.05, 3.63) is 25.3 Å². The van der Waals surface area contributed by atoms with Crippen LogP contribution in [-0.4, -0.2) is 48.1 Å². The van der Waals surface area contributed by atoms with E-state index in [1.807, 2.05) is 13.8 Å². The Bertz CT molecular complexity index is 330. The zero-order chi connectivity index (χ0) is 22.3. The molecule has 0 aromatic rings. The Kier molecular flexibility index (Phi) is 32.4. The molecule has 0 spiro atoms. The smallest absolute Gasteiger partial charge is 0.330 e. The van der Waals surface area contributed by atoms with Crippen molar-refractivity contribution >= 4 is 12.4 Å². The van der Waals surface area contributed by atoms with E-state index in [-0.39, 0.29) is 18.7 Å². The largest absolute Gasteiger partial charge is 0.465 e. The number of rotatable bonds is 9. The normalized spacial score (nSPS) is 11.2. The predicted molar refractivity (Wildman–Crippen MR) is 111 cm³/mol. The van der Waals surface area contributed by atoms with Gasteiger partial charge < -0.3 is 19.7 Å².